The molecule has 3 aromatic rings. The number of nitro benzene ring substituents is 1. The van der Waals surface area contributed by atoms with E-state index < -0.39 is 33.4 Å². The summed E-state index contributed by atoms with van der Waals surface area (Å²) in [6, 6.07) is 18.9. The Kier molecular flexibility index (Phi) is 10.9. The average molecular weight is 623 g/mol. The Hall–Kier alpha value is -4.45. The normalized spacial score (nSPS) is 14.3. The third-order valence-corrected chi connectivity index (χ3v) is 9.55. The maximum Gasteiger partial charge on any atom is 0.271 e. The van der Waals surface area contributed by atoms with Gasteiger partial charge in [0.15, 0.2) is 0 Å². The fraction of sp³-hybridized carbons (Fsp3) is 0.375. The summed E-state index contributed by atoms with van der Waals surface area (Å²) in [5.41, 5.74) is 0.321. The highest BCUT2D eigenvalue weighted by atomic mass is 32.2. The number of anilines is 1. The van der Waals surface area contributed by atoms with Gasteiger partial charge in [-0.05, 0) is 55.2 Å². The molecule has 0 aliphatic heterocycles. The van der Waals surface area contributed by atoms with Gasteiger partial charge in [-0.2, -0.15) is 0 Å². The number of amides is 2. The molecule has 44 heavy (non-hydrogen) atoms. The van der Waals surface area contributed by atoms with Crippen molar-refractivity contribution in [2.75, 3.05) is 18.0 Å². The molecular weight excluding hydrogens is 584 g/mol. The number of nitrogens with zero attached hydrogens (tertiary/aromatic N) is 3. The molecule has 2 amide bonds. The van der Waals surface area contributed by atoms with Crippen LogP contribution < -0.4 is 14.4 Å². The van der Waals surface area contributed by atoms with Gasteiger partial charge in [0, 0.05) is 24.7 Å². The lowest BCUT2D eigenvalue weighted by atomic mass is 9.95. The van der Waals surface area contributed by atoms with Crippen LogP contribution in [0.5, 0.6) is 5.75 Å². The molecule has 0 radical (unpaired) electrons. The van der Waals surface area contributed by atoms with Crippen molar-refractivity contribution in [1.29, 1.82) is 0 Å². The highest BCUT2D eigenvalue weighted by molar-refractivity contribution is 7.92. The zero-order valence-corrected chi connectivity index (χ0v) is 25.7. The van der Waals surface area contributed by atoms with Gasteiger partial charge in [-0.1, -0.05) is 62.6 Å². The number of sulfonamides is 1. The van der Waals surface area contributed by atoms with Gasteiger partial charge >= 0.3 is 0 Å². The second kappa shape index (κ2) is 14.8. The van der Waals surface area contributed by atoms with Crippen LogP contribution in [0.4, 0.5) is 11.4 Å². The maximum absolute atomic E-state index is 14.3. The van der Waals surface area contributed by atoms with Crippen LogP contribution in [0.3, 0.4) is 0 Å². The van der Waals surface area contributed by atoms with Crippen LogP contribution in [-0.2, 0) is 26.2 Å². The van der Waals surface area contributed by atoms with Gasteiger partial charge in [-0.3, -0.25) is 24.0 Å². The number of non-ortho nitro benzene ring substituents is 1. The largest absolute Gasteiger partial charge is 0.497 e. The number of ether oxygens (including phenoxy) is 1. The maximum atomic E-state index is 14.3. The topological polar surface area (TPSA) is 139 Å². The number of nitrogens with one attached hydrogen (secondary N) is 1. The molecular formula is C32H38N4O7S. The van der Waals surface area contributed by atoms with Gasteiger partial charge in [0.2, 0.25) is 11.8 Å². The molecule has 1 N–H and O–H groups in total. The summed E-state index contributed by atoms with van der Waals surface area (Å²) in [5, 5.41) is 14.7. The number of hydrogen-bond donors (Lipinski definition) is 1. The molecule has 0 spiro atoms. The molecule has 1 saturated carbocycles. The third kappa shape index (κ3) is 7.93. The van der Waals surface area contributed by atoms with Crippen molar-refractivity contribution in [3.05, 3.63) is 94.5 Å². The number of benzene rings is 3. The molecule has 4 rings (SSSR count). The Morgan fingerprint density at radius 3 is 2.36 bits per heavy atom. The summed E-state index contributed by atoms with van der Waals surface area (Å²) >= 11 is 0. The second-order valence-corrected chi connectivity index (χ2v) is 12.6. The minimum Gasteiger partial charge on any atom is -0.497 e. The van der Waals surface area contributed by atoms with E-state index in [-0.39, 0.29) is 41.2 Å². The lowest BCUT2D eigenvalue weighted by Gasteiger charge is -2.34. The number of rotatable bonds is 13. The van der Waals surface area contributed by atoms with Crippen molar-refractivity contribution in [3.8, 4) is 5.75 Å². The van der Waals surface area contributed by atoms with Gasteiger partial charge in [0.1, 0.15) is 18.3 Å². The number of methoxy groups -OCH3 is 1. The van der Waals surface area contributed by atoms with E-state index in [0.29, 0.717) is 11.3 Å². The van der Waals surface area contributed by atoms with Crippen LogP contribution in [0.2, 0.25) is 0 Å². The van der Waals surface area contributed by atoms with Gasteiger partial charge in [0.25, 0.3) is 15.7 Å². The monoisotopic (exact) mass is 622 g/mol. The predicted molar refractivity (Wildman–Crippen MR) is 167 cm³/mol. The molecule has 1 fully saturated rings. The standard InChI is InChI=1S/C32H38N4O7S/c1-3-30(32(38)33-25-13-6-4-7-14-25)34(22-24-12-10-17-28(20-24)43-2)31(37)23-35(26-15-11-16-27(21-26)36(39)40)44(41,42)29-18-8-5-9-19-29/h5,8-12,15-21,25,30H,3-4,6-7,13-14,22-23H2,1-2H3,(H,33,38)/t30-/m1/s1. The van der Waals surface area contributed by atoms with Gasteiger partial charge in [-0.25, -0.2) is 8.42 Å². The van der Waals surface area contributed by atoms with Gasteiger partial charge in [0.05, 0.1) is 22.6 Å². The van der Waals surface area contributed by atoms with E-state index >= 15 is 0 Å². The van der Waals surface area contributed by atoms with Crippen molar-refractivity contribution in [1.82, 2.24) is 10.2 Å². The first-order chi connectivity index (χ1) is 21.1. The number of hydrogen-bond acceptors (Lipinski definition) is 7. The Morgan fingerprint density at radius 2 is 1.70 bits per heavy atom. The van der Waals surface area contributed by atoms with Gasteiger partial charge < -0.3 is 15.0 Å². The van der Waals surface area contributed by atoms with E-state index in [1.165, 1.54) is 42.3 Å². The van der Waals surface area contributed by atoms with Crippen molar-refractivity contribution >= 4 is 33.2 Å². The van der Waals surface area contributed by atoms with Crippen LogP contribution in [0.1, 0.15) is 51.0 Å². The second-order valence-electron chi connectivity index (χ2n) is 10.7. The molecule has 1 atom stereocenters. The van der Waals surface area contributed by atoms with Crippen LogP contribution >= 0.6 is 0 Å². The van der Waals surface area contributed by atoms with Crippen LogP contribution in [-0.4, -0.2) is 55.8 Å². The van der Waals surface area contributed by atoms with Crippen molar-refractivity contribution in [3.63, 3.8) is 0 Å². The van der Waals surface area contributed by atoms with Crippen molar-refractivity contribution < 1.29 is 27.7 Å². The molecule has 11 nitrogen and oxygen atoms in total. The molecule has 1 aliphatic carbocycles. The average Bonchev–Trinajstić information content (AvgIpc) is 3.04. The molecule has 1 aliphatic rings. The first-order valence-corrected chi connectivity index (χ1v) is 16.1. The molecule has 234 valence electrons. The lowest BCUT2D eigenvalue weighted by molar-refractivity contribution is -0.384. The fourth-order valence-corrected chi connectivity index (χ4v) is 6.87. The molecule has 3 aromatic carbocycles. The summed E-state index contributed by atoms with van der Waals surface area (Å²) in [4.78, 5) is 40.1. The zero-order chi connectivity index (χ0) is 31.7. The molecule has 0 heterocycles. The number of carbonyl (C=O) groups is 2. The van der Waals surface area contributed by atoms with Gasteiger partial charge in [-0.15, -0.1) is 0 Å². The molecule has 0 saturated heterocycles. The molecule has 0 unspecified atom stereocenters. The van der Waals surface area contributed by atoms with E-state index in [0.717, 1.165) is 42.5 Å². The molecule has 12 heteroatoms. The SMILES string of the molecule is CC[C@H](C(=O)NC1CCCCC1)N(Cc1cccc(OC)c1)C(=O)CN(c1cccc([N+](=O)[O-])c1)S(=O)(=O)c1ccccc1. The lowest BCUT2D eigenvalue weighted by Crippen LogP contribution is -2.54. The van der Waals surface area contributed by atoms with E-state index in [2.05, 4.69) is 5.32 Å². The van der Waals surface area contributed by atoms with Crippen LogP contribution in [0.25, 0.3) is 0 Å². The van der Waals surface area contributed by atoms with E-state index in [9.17, 15) is 28.1 Å². The summed E-state index contributed by atoms with van der Waals surface area (Å²) in [6.45, 7) is 1.13. The third-order valence-electron chi connectivity index (χ3n) is 7.76. The van der Waals surface area contributed by atoms with Crippen LogP contribution in [0, 0.1) is 10.1 Å². The van der Waals surface area contributed by atoms with E-state index in [4.69, 9.17) is 4.74 Å². The first-order valence-electron chi connectivity index (χ1n) is 14.7. The van der Waals surface area contributed by atoms with E-state index in [1.807, 2.05) is 0 Å². The van der Waals surface area contributed by atoms with Crippen LogP contribution in [0.15, 0.2) is 83.8 Å². The summed E-state index contributed by atoms with van der Waals surface area (Å²) in [7, 11) is -2.81. The Morgan fingerprint density at radius 1 is 1.00 bits per heavy atom. The molecule has 0 bridgehead atoms. The highest BCUT2D eigenvalue weighted by Crippen LogP contribution is 2.28. The fourth-order valence-electron chi connectivity index (χ4n) is 5.44. The smallest absolute Gasteiger partial charge is 0.271 e. The highest BCUT2D eigenvalue weighted by Gasteiger charge is 2.35. The molecule has 0 aromatic heterocycles. The minimum absolute atomic E-state index is 0.0129. The Balaban J connectivity index is 1.74. The zero-order valence-electron chi connectivity index (χ0n) is 24.9. The van der Waals surface area contributed by atoms with Crippen molar-refractivity contribution in [2.24, 2.45) is 0 Å². The summed E-state index contributed by atoms with van der Waals surface area (Å²) in [5.74, 6) is -0.368. The Bertz CT molecular complexity index is 1560. The Labute approximate surface area is 258 Å². The summed E-state index contributed by atoms with van der Waals surface area (Å²) in [6.07, 6.45) is 5.17. The first kappa shape index (κ1) is 32.5. The summed E-state index contributed by atoms with van der Waals surface area (Å²) < 4.78 is 34.1. The minimum atomic E-state index is -4.34. The number of nitro groups is 1. The quantitative estimate of drug-likeness (QED) is 0.208. The van der Waals surface area contributed by atoms with E-state index in [1.54, 1.807) is 49.4 Å². The number of carbonyl (C=O) groups excluding carboxylic acids is 2. The predicted octanol–water partition coefficient (Wildman–Crippen LogP) is 5.06. The van der Waals surface area contributed by atoms with Crippen molar-refractivity contribution in [2.45, 2.75) is 69.0 Å².